The molecule has 88 valence electrons. The molecule has 0 amide bonds. The van der Waals surface area contributed by atoms with Crippen LogP contribution in [0.1, 0.15) is 27.9 Å². The highest BCUT2D eigenvalue weighted by atomic mass is 32.1. The van der Waals surface area contributed by atoms with Gasteiger partial charge < -0.3 is 0 Å². The second-order valence-electron chi connectivity index (χ2n) is 3.93. The zero-order valence-electron chi connectivity index (χ0n) is 9.87. The first-order valence-corrected chi connectivity index (χ1v) is 6.06. The number of thiazole rings is 1. The molecule has 0 unspecified atom stereocenters. The Morgan fingerprint density at radius 2 is 2.06 bits per heavy atom. The molecule has 2 rings (SSSR count). The van der Waals surface area contributed by atoms with Crippen LogP contribution in [0.4, 0.5) is 4.39 Å². The Hall–Kier alpha value is -1.55. The smallest absolute Gasteiger partial charge is 0.171 e. The summed E-state index contributed by atoms with van der Waals surface area (Å²) in [6, 6.07) is 5.19. The van der Waals surface area contributed by atoms with E-state index >= 15 is 0 Å². The molecule has 1 aromatic carbocycles. The molecule has 0 fully saturated rings. The van der Waals surface area contributed by atoms with Gasteiger partial charge in [0.25, 0.3) is 0 Å². The number of halogens is 1. The first-order chi connectivity index (χ1) is 8.00. The fourth-order valence-corrected chi connectivity index (χ4v) is 2.63. The third kappa shape index (κ3) is 2.13. The summed E-state index contributed by atoms with van der Waals surface area (Å²) in [6.07, 6.45) is 0. The van der Waals surface area contributed by atoms with Crippen LogP contribution in [-0.2, 0) is 0 Å². The average molecular weight is 249 g/mol. The summed E-state index contributed by atoms with van der Waals surface area (Å²) < 4.78 is 13.9. The van der Waals surface area contributed by atoms with E-state index in [1.807, 2.05) is 0 Å². The highest BCUT2D eigenvalue weighted by Gasteiger charge is 2.15. The molecule has 2 nitrogen and oxygen atoms in total. The molecule has 0 spiro atoms. The van der Waals surface area contributed by atoms with Gasteiger partial charge in [0.15, 0.2) is 5.78 Å². The molecule has 1 heterocycles. The summed E-state index contributed by atoms with van der Waals surface area (Å²) in [5.74, 6) is -0.296. The highest BCUT2D eigenvalue weighted by molar-refractivity contribution is 7.17. The van der Waals surface area contributed by atoms with Crippen molar-refractivity contribution in [3.05, 3.63) is 40.2 Å². The third-order valence-corrected chi connectivity index (χ3v) is 3.83. The average Bonchev–Trinajstić information content (AvgIpc) is 2.64. The van der Waals surface area contributed by atoms with E-state index in [1.165, 1.54) is 18.3 Å². The van der Waals surface area contributed by atoms with E-state index in [9.17, 15) is 9.18 Å². The van der Waals surface area contributed by atoms with Gasteiger partial charge in [0.1, 0.15) is 10.8 Å². The number of rotatable bonds is 2. The maximum atomic E-state index is 13.9. The summed E-state index contributed by atoms with van der Waals surface area (Å²) in [7, 11) is 0. The predicted octanol–water partition coefficient (Wildman–Crippen LogP) is 3.77. The Morgan fingerprint density at radius 1 is 1.35 bits per heavy atom. The van der Waals surface area contributed by atoms with Gasteiger partial charge in [-0.15, -0.1) is 11.3 Å². The number of aromatic nitrogens is 1. The first-order valence-electron chi connectivity index (χ1n) is 5.24. The molecule has 0 N–H and O–H groups in total. The van der Waals surface area contributed by atoms with Gasteiger partial charge in [-0.2, -0.15) is 0 Å². The van der Waals surface area contributed by atoms with E-state index in [1.54, 1.807) is 32.0 Å². The van der Waals surface area contributed by atoms with Crippen LogP contribution in [0.15, 0.2) is 18.2 Å². The molecule has 17 heavy (non-hydrogen) atoms. The molecular weight excluding hydrogens is 237 g/mol. The fraction of sp³-hybridized carbons (Fsp3) is 0.231. The van der Waals surface area contributed by atoms with Crippen molar-refractivity contribution in [1.82, 2.24) is 4.98 Å². The molecule has 0 aliphatic rings. The van der Waals surface area contributed by atoms with Crippen molar-refractivity contribution in [1.29, 1.82) is 0 Å². The highest BCUT2D eigenvalue weighted by Crippen LogP contribution is 2.30. The number of benzene rings is 1. The SMILES string of the molecule is CC(=O)c1sc(-c2cccc(C)c2F)nc1C. The Bertz CT molecular complexity index is 589. The Kier molecular flexibility index (Phi) is 3.07. The number of nitrogens with zero attached hydrogens (tertiary/aromatic N) is 1. The second kappa shape index (κ2) is 4.37. The van der Waals surface area contributed by atoms with Gasteiger partial charge in [0.2, 0.25) is 0 Å². The van der Waals surface area contributed by atoms with Gasteiger partial charge in [-0.1, -0.05) is 12.1 Å². The molecule has 0 aliphatic carbocycles. The monoisotopic (exact) mass is 249 g/mol. The fourth-order valence-electron chi connectivity index (χ4n) is 1.65. The summed E-state index contributed by atoms with van der Waals surface area (Å²) in [6.45, 7) is 4.98. The van der Waals surface area contributed by atoms with Crippen LogP contribution in [-0.4, -0.2) is 10.8 Å². The molecular formula is C13H12FNOS. The van der Waals surface area contributed by atoms with Crippen molar-refractivity contribution in [2.24, 2.45) is 0 Å². The van der Waals surface area contributed by atoms with E-state index < -0.39 is 0 Å². The van der Waals surface area contributed by atoms with E-state index in [4.69, 9.17) is 0 Å². The molecule has 0 atom stereocenters. The number of ketones is 1. The van der Waals surface area contributed by atoms with Crippen molar-refractivity contribution in [3.8, 4) is 10.6 Å². The van der Waals surface area contributed by atoms with E-state index in [0.29, 0.717) is 26.7 Å². The van der Waals surface area contributed by atoms with Crippen molar-refractivity contribution in [3.63, 3.8) is 0 Å². The molecule has 0 bridgehead atoms. The lowest BCUT2D eigenvalue weighted by molar-refractivity contribution is 0.102. The zero-order chi connectivity index (χ0) is 12.6. The molecule has 1 aromatic heterocycles. The van der Waals surface area contributed by atoms with Gasteiger partial charge in [-0.3, -0.25) is 4.79 Å². The quantitative estimate of drug-likeness (QED) is 0.758. The minimum absolute atomic E-state index is 0.0284. The van der Waals surface area contributed by atoms with Crippen LogP contribution in [0.2, 0.25) is 0 Å². The lowest BCUT2D eigenvalue weighted by Crippen LogP contribution is -1.89. The molecule has 0 radical (unpaired) electrons. The lowest BCUT2D eigenvalue weighted by atomic mass is 10.1. The van der Waals surface area contributed by atoms with E-state index in [-0.39, 0.29) is 11.6 Å². The minimum Gasteiger partial charge on any atom is -0.294 e. The van der Waals surface area contributed by atoms with Crippen molar-refractivity contribution < 1.29 is 9.18 Å². The van der Waals surface area contributed by atoms with Crippen LogP contribution in [0.3, 0.4) is 0 Å². The van der Waals surface area contributed by atoms with Crippen molar-refractivity contribution in [2.75, 3.05) is 0 Å². The van der Waals surface area contributed by atoms with Crippen LogP contribution in [0.5, 0.6) is 0 Å². The van der Waals surface area contributed by atoms with Crippen LogP contribution in [0, 0.1) is 19.7 Å². The number of carbonyl (C=O) groups excluding carboxylic acids is 1. The number of aryl methyl sites for hydroxylation is 2. The van der Waals surface area contributed by atoms with Gasteiger partial charge in [0.05, 0.1) is 10.6 Å². The number of hydrogen-bond acceptors (Lipinski definition) is 3. The van der Waals surface area contributed by atoms with Crippen molar-refractivity contribution in [2.45, 2.75) is 20.8 Å². The number of carbonyl (C=O) groups is 1. The molecule has 0 saturated heterocycles. The summed E-state index contributed by atoms with van der Waals surface area (Å²) >= 11 is 1.24. The molecule has 2 aromatic rings. The molecule has 4 heteroatoms. The van der Waals surface area contributed by atoms with Crippen molar-refractivity contribution >= 4 is 17.1 Å². The largest absolute Gasteiger partial charge is 0.294 e. The first kappa shape index (κ1) is 11.9. The predicted molar refractivity (Wildman–Crippen MR) is 67.0 cm³/mol. The van der Waals surface area contributed by atoms with E-state index in [0.717, 1.165) is 0 Å². The van der Waals surface area contributed by atoms with Gasteiger partial charge in [-0.05, 0) is 25.5 Å². The van der Waals surface area contributed by atoms with Crippen LogP contribution >= 0.6 is 11.3 Å². The van der Waals surface area contributed by atoms with Crippen LogP contribution in [0.25, 0.3) is 10.6 Å². The zero-order valence-corrected chi connectivity index (χ0v) is 10.7. The third-order valence-electron chi connectivity index (χ3n) is 2.54. The van der Waals surface area contributed by atoms with Gasteiger partial charge in [-0.25, -0.2) is 9.37 Å². The summed E-state index contributed by atoms with van der Waals surface area (Å²) in [4.78, 5) is 16.2. The Balaban J connectivity index is 2.58. The minimum atomic E-state index is -0.267. The lowest BCUT2D eigenvalue weighted by Gasteiger charge is -2.01. The maximum absolute atomic E-state index is 13.9. The Labute approximate surface area is 103 Å². The second-order valence-corrected chi connectivity index (χ2v) is 4.93. The van der Waals surface area contributed by atoms with E-state index in [2.05, 4.69) is 4.98 Å². The van der Waals surface area contributed by atoms with Gasteiger partial charge >= 0.3 is 0 Å². The number of Topliss-reactive ketones (excluding diaryl/α,β-unsaturated/α-hetero) is 1. The van der Waals surface area contributed by atoms with Crippen LogP contribution < -0.4 is 0 Å². The summed E-state index contributed by atoms with van der Waals surface area (Å²) in [5, 5.41) is 0.564. The standard InChI is InChI=1S/C13H12FNOS/c1-7-5-4-6-10(11(7)14)13-15-8(2)12(17-13)9(3)16/h4-6H,1-3H3. The number of hydrogen-bond donors (Lipinski definition) is 0. The normalized spacial score (nSPS) is 10.6. The maximum Gasteiger partial charge on any atom is 0.171 e. The Morgan fingerprint density at radius 3 is 2.65 bits per heavy atom. The topological polar surface area (TPSA) is 30.0 Å². The van der Waals surface area contributed by atoms with Gasteiger partial charge in [0, 0.05) is 12.5 Å². The summed E-state index contributed by atoms with van der Waals surface area (Å²) in [5.41, 5.74) is 1.71. The molecule has 0 aliphatic heterocycles. The molecule has 0 saturated carbocycles.